The summed E-state index contributed by atoms with van der Waals surface area (Å²) in [5.41, 5.74) is 3.34. The van der Waals surface area contributed by atoms with Crippen molar-refractivity contribution in [3.05, 3.63) is 100 Å². The van der Waals surface area contributed by atoms with E-state index in [1.54, 1.807) is 18.0 Å². The van der Waals surface area contributed by atoms with Gasteiger partial charge in [-0.2, -0.15) is 0 Å². The number of likely N-dealkylation sites (N-methyl/N-ethyl adjacent to an activating group) is 1. The van der Waals surface area contributed by atoms with Gasteiger partial charge in [0.05, 0.1) is 11.9 Å². The number of nitrogens with one attached hydrogen (secondary N) is 1. The van der Waals surface area contributed by atoms with Crippen molar-refractivity contribution in [2.24, 2.45) is 0 Å². The average Bonchev–Trinajstić information content (AvgIpc) is 2.88. The Bertz CT molecular complexity index is 1350. The van der Waals surface area contributed by atoms with Crippen LogP contribution < -0.4 is 9.62 Å². The van der Waals surface area contributed by atoms with E-state index in [1.165, 1.54) is 4.31 Å². The lowest BCUT2D eigenvalue weighted by Crippen LogP contribution is -2.49. The quantitative estimate of drug-likeness (QED) is 0.327. The van der Waals surface area contributed by atoms with Crippen LogP contribution in [0.3, 0.4) is 0 Å². The normalized spacial score (nSPS) is 12.0. The number of amides is 2. The van der Waals surface area contributed by atoms with Crippen molar-refractivity contribution < 1.29 is 18.0 Å². The second-order valence-electron chi connectivity index (χ2n) is 9.25. The minimum atomic E-state index is -3.54. The first kappa shape index (κ1) is 29.4. The van der Waals surface area contributed by atoms with Gasteiger partial charge < -0.3 is 10.2 Å². The van der Waals surface area contributed by atoms with E-state index in [0.717, 1.165) is 27.4 Å². The lowest BCUT2D eigenvalue weighted by atomic mass is 10.0. The van der Waals surface area contributed by atoms with Crippen LogP contribution in [0.4, 0.5) is 5.69 Å². The van der Waals surface area contributed by atoms with Gasteiger partial charge in [0.2, 0.25) is 21.8 Å². The lowest BCUT2D eigenvalue weighted by Gasteiger charge is -2.31. The summed E-state index contributed by atoms with van der Waals surface area (Å²) in [6, 6.07) is 23.8. The van der Waals surface area contributed by atoms with Crippen LogP contribution in [-0.2, 0) is 32.6 Å². The Kier molecular flexibility index (Phi) is 10.5. The minimum absolute atomic E-state index is 0.0914. The van der Waals surface area contributed by atoms with Crippen LogP contribution in [0.5, 0.6) is 0 Å². The number of benzene rings is 3. The fourth-order valence-electron chi connectivity index (χ4n) is 4.34. The van der Waals surface area contributed by atoms with Crippen molar-refractivity contribution >= 4 is 43.5 Å². The van der Waals surface area contributed by atoms with Crippen LogP contribution >= 0.6 is 15.9 Å². The third-order valence-corrected chi connectivity index (χ3v) is 7.89. The number of sulfonamides is 1. The molecule has 0 radical (unpaired) electrons. The molecule has 0 spiro atoms. The topological polar surface area (TPSA) is 86.8 Å². The first-order valence-electron chi connectivity index (χ1n) is 12.4. The van der Waals surface area contributed by atoms with Crippen LogP contribution in [0, 0.1) is 6.92 Å². The molecule has 0 heterocycles. The maximum Gasteiger partial charge on any atom is 0.242 e. The first-order valence-corrected chi connectivity index (χ1v) is 15.1. The molecule has 1 atom stereocenters. The van der Waals surface area contributed by atoms with Crippen molar-refractivity contribution in [2.75, 3.05) is 24.2 Å². The van der Waals surface area contributed by atoms with Gasteiger partial charge in [-0.05, 0) is 54.3 Å². The molecule has 202 valence electrons. The number of hydrogen-bond acceptors (Lipinski definition) is 4. The van der Waals surface area contributed by atoms with Crippen LogP contribution in [-0.4, -0.2) is 51.0 Å². The molecule has 7 nitrogen and oxygen atoms in total. The van der Waals surface area contributed by atoms with E-state index < -0.39 is 16.1 Å². The van der Waals surface area contributed by atoms with E-state index in [4.69, 9.17) is 0 Å². The van der Waals surface area contributed by atoms with Crippen LogP contribution in [0.1, 0.15) is 29.5 Å². The number of aryl methyl sites for hydroxylation is 1. The molecule has 0 aliphatic carbocycles. The lowest BCUT2D eigenvalue weighted by molar-refractivity contribution is -0.141. The van der Waals surface area contributed by atoms with Gasteiger partial charge in [-0.1, -0.05) is 70.5 Å². The summed E-state index contributed by atoms with van der Waals surface area (Å²) in [6.45, 7) is 2.30. The monoisotopic (exact) mass is 599 g/mol. The first-order chi connectivity index (χ1) is 18.1. The second-order valence-corrected chi connectivity index (χ2v) is 12.1. The maximum absolute atomic E-state index is 13.7. The van der Waals surface area contributed by atoms with Gasteiger partial charge in [0.1, 0.15) is 6.04 Å². The summed E-state index contributed by atoms with van der Waals surface area (Å²) < 4.78 is 27.3. The molecule has 9 heteroatoms. The van der Waals surface area contributed by atoms with Crippen LogP contribution in [0.15, 0.2) is 83.3 Å². The number of hydrogen-bond donors (Lipinski definition) is 1. The largest absolute Gasteiger partial charge is 0.357 e. The molecular formula is C29H34BrN3O4S. The minimum Gasteiger partial charge on any atom is -0.357 e. The predicted molar refractivity (Wildman–Crippen MR) is 155 cm³/mol. The zero-order valence-corrected chi connectivity index (χ0v) is 24.3. The highest BCUT2D eigenvalue weighted by Gasteiger charge is 2.30. The Morgan fingerprint density at radius 1 is 0.947 bits per heavy atom. The summed E-state index contributed by atoms with van der Waals surface area (Å²) >= 11 is 3.48. The van der Waals surface area contributed by atoms with Gasteiger partial charge in [0.25, 0.3) is 0 Å². The second kappa shape index (κ2) is 13.6. The smallest absolute Gasteiger partial charge is 0.242 e. The molecule has 3 rings (SSSR count). The Labute approximate surface area is 234 Å². The number of rotatable bonds is 12. The van der Waals surface area contributed by atoms with E-state index in [2.05, 4.69) is 21.2 Å². The number of anilines is 1. The molecule has 0 aliphatic heterocycles. The number of halogens is 1. The van der Waals surface area contributed by atoms with Crippen molar-refractivity contribution in [1.82, 2.24) is 10.2 Å². The standard InChI is InChI=1S/C29H34BrN3O4S/c1-22-10-7-15-26(18-22)33(38(3,36)37)17-9-16-28(34)32(21-24-13-8-14-25(30)19-24)27(29(35)31-2)20-23-11-5-4-6-12-23/h4-8,10-15,18-19,27H,9,16-17,20-21H2,1-3H3,(H,31,35)/t27-/m0/s1. The van der Waals surface area contributed by atoms with E-state index in [9.17, 15) is 18.0 Å². The molecule has 1 N–H and O–H groups in total. The molecule has 0 saturated heterocycles. The van der Waals surface area contributed by atoms with Crippen LogP contribution in [0.2, 0.25) is 0 Å². The SMILES string of the molecule is CNC(=O)[C@H](Cc1ccccc1)N(Cc1cccc(Br)c1)C(=O)CCCN(c1cccc(C)c1)S(C)(=O)=O. The van der Waals surface area contributed by atoms with Gasteiger partial charge >= 0.3 is 0 Å². The highest BCUT2D eigenvalue weighted by molar-refractivity contribution is 9.10. The molecular weight excluding hydrogens is 566 g/mol. The van der Waals surface area contributed by atoms with Crippen molar-refractivity contribution in [2.45, 2.75) is 38.8 Å². The summed E-state index contributed by atoms with van der Waals surface area (Å²) in [7, 11) is -1.98. The molecule has 3 aromatic rings. The molecule has 38 heavy (non-hydrogen) atoms. The zero-order valence-electron chi connectivity index (χ0n) is 21.9. The summed E-state index contributed by atoms with van der Waals surface area (Å²) in [5, 5.41) is 2.71. The van der Waals surface area contributed by atoms with E-state index >= 15 is 0 Å². The summed E-state index contributed by atoms with van der Waals surface area (Å²) in [4.78, 5) is 28.3. The van der Waals surface area contributed by atoms with Gasteiger partial charge in [-0.3, -0.25) is 13.9 Å². The summed E-state index contributed by atoms with van der Waals surface area (Å²) in [6.07, 6.45) is 1.92. The van der Waals surface area contributed by atoms with E-state index in [0.29, 0.717) is 18.5 Å². The molecule has 0 aromatic heterocycles. The number of nitrogens with zero attached hydrogens (tertiary/aromatic N) is 2. The predicted octanol–water partition coefficient (Wildman–Crippen LogP) is 4.69. The molecule has 0 aliphatic rings. The van der Waals surface area contributed by atoms with Crippen LogP contribution in [0.25, 0.3) is 0 Å². The summed E-state index contributed by atoms with van der Waals surface area (Å²) in [5.74, 6) is -0.470. The van der Waals surface area contributed by atoms with Gasteiger partial charge in [0.15, 0.2) is 0 Å². The van der Waals surface area contributed by atoms with Crippen molar-refractivity contribution in [1.29, 1.82) is 0 Å². The fraction of sp³-hybridized carbons (Fsp3) is 0.310. The van der Waals surface area contributed by atoms with Gasteiger partial charge in [-0.15, -0.1) is 0 Å². The Hall–Kier alpha value is -3.17. The average molecular weight is 601 g/mol. The third-order valence-electron chi connectivity index (χ3n) is 6.20. The molecule has 0 saturated carbocycles. The van der Waals surface area contributed by atoms with E-state index in [1.807, 2.05) is 79.7 Å². The van der Waals surface area contributed by atoms with E-state index in [-0.39, 0.29) is 31.3 Å². The van der Waals surface area contributed by atoms with Crippen molar-refractivity contribution in [3.8, 4) is 0 Å². The Morgan fingerprint density at radius 2 is 1.63 bits per heavy atom. The Morgan fingerprint density at radius 3 is 2.26 bits per heavy atom. The number of carbonyl (C=O) groups is 2. The maximum atomic E-state index is 13.7. The molecule has 0 bridgehead atoms. The third kappa shape index (κ3) is 8.43. The molecule has 2 amide bonds. The van der Waals surface area contributed by atoms with Crippen molar-refractivity contribution in [3.63, 3.8) is 0 Å². The molecule has 0 fully saturated rings. The fourth-order valence-corrected chi connectivity index (χ4v) is 5.74. The molecule has 3 aromatic carbocycles. The highest BCUT2D eigenvalue weighted by atomic mass is 79.9. The van der Waals surface area contributed by atoms with Gasteiger partial charge in [-0.25, -0.2) is 8.42 Å². The zero-order chi connectivity index (χ0) is 27.7. The molecule has 0 unspecified atom stereocenters. The highest BCUT2D eigenvalue weighted by Crippen LogP contribution is 2.22. The van der Waals surface area contributed by atoms with Gasteiger partial charge in [0, 0.05) is 37.5 Å². The number of carbonyl (C=O) groups excluding carboxylic acids is 2. The Balaban J connectivity index is 1.84.